The summed E-state index contributed by atoms with van der Waals surface area (Å²) in [5.74, 6) is -0.131. The van der Waals surface area contributed by atoms with E-state index in [1.807, 2.05) is 0 Å². The van der Waals surface area contributed by atoms with E-state index in [1.54, 1.807) is 16.8 Å². The first-order chi connectivity index (χ1) is 10.4. The van der Waals surface area contributed by atoms with Crippen LogP contribution >= 0.6 is 0 Å². The number of aromatic amines is 1. The monoisotopic (exact) mass is 305 g/mol. The molecule has 2 atom stereocenters. The fourth-order valence-electron chi connectivity index (χ4n) is 3.25. The Balaban J connectivity index is 1.75. The first-order valence-corrected chi connectivity index (χ1v) is 7.34. The van der Waals surface area contributed by atoms with Gasteiger partial charge in [0.2, 0.25) is 17.8 Å². The second-order valence-corrected chi connectivity index (χ2v) is 5.97. The lowest BCUT2D eigenvalue weighted by molar-refractivity contribution is -0.138. The number of nitrogens with one attached hydrogen (secondary N) is 1. The molecule has 4 rings (SSSR count). The lowest BCUT2D eigenvalue weighted by Crippen LogP contribution is -2.45. The van der Waals surface area contributed by atoms with E-state index >= 15 is 0 Å². The van der Waals surface area contributed by atoms with E-state index in [4.69, 9.17) is 5.73 Å². The lowest BCUT2D eigenvalue weighted by Gasteiger charge is -2.32. The van der Waals surface area contributed by atoms with Crippen molar-refractivity contribution in [3.05, 3.63) is 22.1 Å². The Labute approximate surface area is 127 Å². The van der Waals surface area contributed by atoms with E-state index in [9.17, 15) is 14.4 Å². The summed E-state index contributed by atoms with van der Waals surface area (Å²) in [6, 6.07) is 1.35. The molecule has 22 heavy (non-hydrogen) atoms. The third-order valence-corrected chi connectivity index (χ3v) is 4.46. The summed E-state index contributed by atoms with van der Waals surface area (Å²) in [5, 5.41) is 0. The summed E-state index contributed by atoms with van der Waals surface area (Å²) in [4.78, 5) is 45.8. The number of amides is 2. The second kappa shape index (κ2) is 5.43. The molecule has 3 saturated heterocycles. The molecular weight excluding hydrogens is 286 g/mol. The lowest BCUT2D eigenvalue weighted by atomic mass is 9.95. The van der Waals surface area contributed by atoms with Crippen molar-refractivity contribution in [2.45, 2.75) is 25.3 Å². The van der Waals surface area contributed by atoms with Gasteiger partial charge in [-0.15, -0.1) is 0 Å². The standard InChI is InChI=1S/C14H19N5O3/c1-18-10-3-2-8(13(18)22)6-19(7-10)12(21)5-9-4-11(20)17-14(15)16-9/h4,8,10H,2-3,5-7H2,1H3,(H3,15,16,17,20)/t8-,10+/m0/s1. The number of carbonyl (C=O) groups is 2. The van der Waals surface area contributed by atoms with Gasteiger partial charge in [-0.3, -0.25) is 19.4 Å². The first-order valence-electron chi connectivity index (χ1n) is 7.34. The molecule has 118 valence electrons. The molecule has 1 aromatic heterocycles. The summed E-state index contributed by atoms with van der Waals surface area (Å²) in [6.45, 7) is 0.980. The molecule has 0 saturated carbocycles. The van der Waals surface area contributed by atoms with E-state index in [0.29, 0.717) is 18.8 Å². The van der Waals surface area contributed by atoms with Crippen LogP contribution in [0.4, 0.5) is 5.95 Å². The maximum Gasteiger partial charge on any atom is 0.252 e. The van der Waals surface area contributed by atoms with Crippen LogP contribution in [0, 0.1) is 5.92 Å². The number of H-pyrrole nitrogens is 1. The van der Waals surface area contributed by atoms with Gasteiger partial charge >= 0.3 is 0 Å². The molecule has 3 fully saturated rings. The minimum absolute atomic E-state index is 0.00106. The number of nitrogens with zero attached hydrogens (tertiary/aromatic N) is 3. The van der Waals surface area contributed by atoms with Crippen LogP contribution in [-0.2, 0) is 16.0 Å². The summed E-state index contributed by atoms with van der Waals surface area (Å²) in [7, 11) is 1.80. The van der Waals surface area contributed by atoms with E-state index in [0.717, 1.165) is 12.8 Å². The van der Waals surface area contributed by atoms with Gasteiger partial charge in [0.15, 0.2) is 0 Å². The molecule has 0 aromatic carbocycles. The molecule has 4 heterocycles. The summed E-state index contributed by atoms with van der Waals surface area (Å²) in [6.07, 6.45) is 1.77. The number of nitrogens with two attached hydrogens (primary N) is 1. The van der Waals surface area contributed by atoms with Crippen molar-refractivity contribution in [2.75, 3.05) is 25.9 Å². The number of hydrogen-bond donors (Lipinski definition) is 2. The Hall–Kier alpha value is -2.38. The van der Waals surface area contributed by atoms with Gasteiger partial charge < -0.3 is 15.5 Å². The molecule has 8 heteroatoms. The van der Waals surface area contributed by atoms with Gasteiger partial charge in [-0.2, -0.15) is 0 Å². The first kappa shape index (κ1) is 14.6. The number of anilines is 1. The SMILES string of the molecule is CN1C(=O)[C@H]2CC[C@@H]1CN(C(=O)Cc1cc(=O)[nH]c(N)n1)C2. The van der Waals surface area contributed by atoms with Crippen LogP contribution in [0.1, 0.15) is 18.5 Å². The number of hydrogen-bond acceptors (Lipinski definition) is 5. The average Bonchev–Trinajstić information content (AvgIpc) is 2.72. The number of piperidine rings is 1. The van der Waals surface area contributed by atoms with Crippen LogP contribution in [0.5, 0.6) is 0 Å². The molecular formula is C14H19N5O3. The number of fused-ring (bicyclic) bond motifs is 4. The van der Waals surface area contributed by atoms with Gasteiger partial charge in [-0.25, -0.2) is 4.98 Å². The van der Waals surface area contributed by atoms with Crippen LogP contribution in [-0.4, -0.2) is 57.8 Å². The van der Waals surface area contributed by atoms with Crippen molar-refractivity contribution in [2.24, 2.45) is 5.92 Å². The zero-order valence-corrected chi connectivity index (χ0v) is 12.4. The van der Waals surface area contributed by atoms with Gasteiger partial charge in [0, 0.05) is 32.2 Å². The molecule has 0 unspecified atom stereocenters. The molecule has 3 aliphatic heterocycles. The molecule has 3 aliphatic rings. The van der Waals surface area contributed by atoms with Crippen molar-refractivity contribution in [3.63, 3.8) is 0 Å². The number of carbonyl (C=O) groups excluding carboxylic acids is 2. The highest BCUT2D eigenvalue weighted by Gasteiger charge is 2.40. The summed E-state index contributed by atoms with van der Waals surface area (Å²) < 4.78 is 0. The predicted molar refractivity (Wildman–Crippen MR) is 78.8 cm³/mol. The normalized spacial score (nSPS) is 24.5. The molecule has 1 aromatic rings. The molecule has 2 bridgehead atoms. The number of nitrogen functional groups attached to an aromatic ring is 1. The van der Waals surface area contributed by atoms with Gasteiger partial charge in [0.05, 0.1) is 18.0 Å². The van der Waals surface area contributed by atoms with Gasteiger partial charge in [-0.1, -0.05) is 0 Å². The zero-order chi connectivity index (χ0) is 15.9. The van der Waals surface area contributed by atoms with Crippen molar-refractivity contribution in [1.29, 1.82) is 0 Å². The van der Waals surface area contributed by atoms with Crippen molar-refractivity contribution < 1.29 is 9.59 Å². The Morgan fingerprint density at radius 2 is 2.18 bits per heavy atom. The van der Waals surface area contributed by atoms with Gasteiger partial charge in [0.1, 0.15) is 0 Å². The molecule has 0 spiro atoms. The number of aromatic nitrogens is 2. The minimum atomic E-state index is -0.374. The Bertz CT molecular complexity index is 671. The van der Waals surface area contributed by atoms with Crippen LogP contribution in [0.3, 0.4) is 0 Å². The molecule has 2 amide bonds. The zero-order valence-electron chi connectivity index (χ0n) is 12.4. The van der Waals surface area contributed by atoms with Crippen molar-refractivity contribution in [1.82, 2.24) is 19.8 Å². The smallest absolute Gasteiger partial charge is 0.252 e. The average molecular weight is 305 g/mol. The van der Waals surface area contributed by atoms with E-state index in [2.05, 4.69) is 9.97 Å². The Kier molecular flexibility index (Phi) is 3.59. The number of rotatable bonds is 2. The molecule has 3 N–H and O–H groups in total. The number of likely N-dealkylation sites (N-methyl/N-ethyl adjacent to an activating group) is 1. The largest absolute Gasteiger partial charge is 0.369 e. The van der Waals surface area contributed by atoms with Gasteiger partial charge in [-0.05, 0) is 12.8 Å². The Morgan fingerprint density at radius 3 is 2.91 bits per heavy atom. The topological polar surface area (TPSA) is 112 Å². The fourth-order valence-corrected chi connectivity index (χ4v) is 3.25. The highest BCUT2D eigenvalue weighted by molar-refractivity contribution is 5.83. The molecule has 0 aliphatic carbocycles. The summed E-state index contributed by atoms with van der Waals surface area (Å²) >= 11 is 0. The summed E-state index contributed by atoms with van der Waals surface area (Å²) in [5.41, 5.74) is 5.46. The van der Waals surface area contributed by atoms with Crippen LogP contribution in [0.15, 0.2) is 10.9 Å². The minimum Gasteiger partial charge on any atom is -0.369 e. The highest BCUT2D eigenvalue weighted by atomic mass is 16.2. The van der Waals surface area contributed by atoms with Crippen LogP contribution < -0.4 is 11.3 Å². The predicted octanol–water partition coefficient (Wildman–Crippen LogP) is -1.03. The molecule has 0 radical (unpaired) electrons. The third kappa shape index (κ3) is 2.68. The van der Waals surface area contributed by atoms with Crippen LogP contribution in [0.25, 0.3) is 0 Å². The van der Waals surface area contributed by atoms with E-state index in [-0.39, 0.29) is 41.7 Å². The van der Waals surface area contributed by atoms with Gasteiger partial charge in [0.25, 0.3) is 5.56 Å². The second-order valence-electron chi connectivity index (χ2n) is 5.97. The maximum absolute atomic E-state index is 12.5. The van der Waals surface area contributed by atoms with Crippen molar-refractivity contribution >= 4 is 17.8 Å². The van der Waals surface area contributed by atoms with Crippen LogP contribution in [0.2, 0.25) is 0 Å². The highest BCUT2D eigenvalue weighted by Crippen LogP contribution is 2.28. The maximum atomic E-state index is 12.5. The van der Waals surface area contributed by atoms with E-state index in [1.165, 1.54) is 6.07 Å². The van der Waals surface area contributed by atoms with Crippen molar-refractivity contribution in [3.8, 4) is 0 Å². The third-order valence-electron chi connectivity index (χ3n) is 4.46. The fraction of sp³-hybridized carbons (Fsp3) is 0.571. The quantitative estimate of drug-likeness (QED) is 0.726. The Morgan fingerprint density at radius 1 is 1.41 bits per heavy atom. The van der Waals surface area contributed by atoms with E-state index < -0.39 is 0 Å². The molecule has 8 nitrogen and oxygen atoms in total.